The van der Waals surface area contributed by atoms with Gasteiger partial charge in [-0.05, 0) is 30.7 Å². The summed E-state index contributed by atoms with van der Waals surface area (Å²) in [7, 11) is 0. The van der Waals surface area contributed by atoms with Crippen molar-refractivity contribution in [3.8, 4) is 0 Å². The maximum absolute atomic E-state index is 10.1. The Bertz CT molecular complexity index is 458. The van der Waals surface area contributed by atoms with Gasteiger partial charge in [-0.15, -0.1) is 0 Å². The van der Waals surface area contributed by atoms with Crippen LogP contribution < -0.4 is 5.73 Å². The molecule has 94 valence electrons. The van der Waals surface area contributed by atoms with Gasteiger partial charge < -0.3 is 10.8 Å². The van der Waals surface area contributed by atoms with Crippen molar-refractivity contribution in [3.05, 3.63) is 66.0 Å². The van der Waals surface area contributed by atoms with Gasteiger partial charge in [-0.3, -0.25) is 0 Å². The average molecular weight is 244 g/mol. The molecule has 0 atom stereocenters. The number of carbonyl (C=O) groups is 1. The van der Waals surface area contributed by atoms with Crippen LogP contribution in [0.15, 0.2) is 54.7 Å². The van der Waals surface area contributed by atoms with E-state index in [0.717, 1.165) is 13.0 Å². The van der Waals surface area contributed by atoms with Crippen LogP contribution in [0.3, 0.4) is 0 Å². The summed E-state index contributed by atoms with van der Waals surface area (Å²) in [5.74, 6) is -0.990. The Morgan fingerprint density at radius 1 is 1.11 bits per heavy atom. The highest BCUT2D eigenvalue weighted by atomic mass is 16.4. The molecule has 0 aliphatic carbocycles. The Morgan fingerprint density at radius 2 is 1.78 bits per heavy atom. The van der Waals surface area contributed by atoms with E-state index in [4.69, 9.17) is 10.8 Å². The molecule has 0 unspecified atom stereocenters. The van der Waals surface area contributed by atoms with Gasteiger partial charge in [-0.25, -0.2) is 9.78 Å². The molecule has 4 heteroatoms. The number of hydrogen-bond acceptors (Lipinski definition) is 3. The number of aromatic carboxylic acids is 1. The number of rotatable bonds is 3. The van der Waals surface area contributed by atoms with E-state index in [1.807, 2.05) is 18.2 Å². The van der Waals surface area contributed by atoms with Gasteiger partial charge in [0.15, 0.2) is 0 Å². The molecule has 1 heterocycles. The molecule has 1 aromatic heterocycles. The lowest BCUT2D eigenvalue weighted by Crippen LogP contribution is -2.01. The lowest BCUT2D eigenvalue weighted by Gasteiger charge is -1.93. The van der Waals surface area contributed by atoms with Crippen LogP contribution in [-0.2, 0) is 6.42 Å². The molecule has 0 aliphatic heterocycles. The van der Waals surface area contributed by atoms with E-state index in [0.29, 0.717) is 0 Å². The Kier molecular flexibility index (Phi) is 6.14. The molecular weight excluding hydrogens is 228 g/mol. The Hall–Kier alpha value is -2.20. The van der Waals surface area contributed by atoms with Crippen LogP contribution in [0, 0.1) is 0 Å². The molecule has 4 nitrogen and oxygen atoms in total. The fourth-order valence-corrected chi connectivity index (χ4v) is 1.30. The molecule has 0 fully saturated rings. The number of nitrogens with two attached hydrogens (primary N) is 1. The van der Waals surface area contributed by atoms with E-state index < -0.39 is 5.97 Å². The summed E-state index contributed by atoms with van der Waals surface area (Å²) in [6.45, 7) is 0.740. The van der Waals surface area contributed by atoms with Crippen molar-refractivity contribution in [3.63, 3.8) is 0 Å². The van der Waals surface area contributed by atoms with Crippen molar-refractivity contribution >= 4 is 5.97 Å². The standard InChI is InChI=1S/C8H11N.C6H5NO2/c9-7-6-8-4-2-1-3-5-8;8-6(9)5-3-1-2-4-7-5/h1-5H,6-7,9H2;1-4H,(H,8,9). The molecule has 0 spiro atoms. The third-order valence-electron chi connectivity index (χ3n) is 2.16. The number of carboxylic acids is 1. The number of benzene rings is 1. The summed E-state index contributed by atoms with van der Waals surface area (Å²) in [5, 5.41) is 8.32. The Balaban J connectivity index is 0.000000180. The van der Waals surface area contributed by atoms with Crippen LogP contribution in [0.4, 0.5) is 0 Å². The Labute approximate surface area is 106 Å². The van der Waals surface area contributed by atoms with Gasteiger partial charge in [0.1, 0.15) is 5.69 Å². The molecule has 0 amide bonds. The molecule has 18 heavy (non-hydrogen) atoms. The summed E-state index contributed by atoms with van der Waals surface area (Å²) in [6.07, 6.45) is 2.43. The highest BCUT2D eigenvalue weighted by Crippen LogP contribution is 1.96. The van der Waals surface area contributed by atoms with Crippen molar-refractivity contribution in [2.45, 2.75) is 6.42 Å². The second-order valence-electron chi connectivity index (χ2n) is 3.54. The van der Waals surface area contributed by atoms with Gasteiger partial charge in [0.05, 0.1) is 0 Å². The predicted octanol–water partition coefficient (Wildman–Crippen LogP) is 1.97. The van der Waals surface area contributed by atoms with Crippen molar-refractivity contribution in [1.29, 1.82) is 0 Å². The predicted molar refractivity (Wildman–Crippen MR) is 70.4 cm³/mol. The zero-order valence-electron chi connectivity index (χ0n) is 9.99. The van der Waals surface area contributed by atoms with E-state index in [1.165, 1.54) is 17.8 Å². The van der Waals surface area contributed by atoms with Gasteiger partial charge >= 0.3 is 5.97 Å². The topological polar surface area (TPSA) is 76.2 Å². The zero-order chi connectivity index (χ0) is 13.2. The molecule has 0 saturated heterocycles. The second-order valence-corrected chi connectivity index (χ2v) is 3.54. The summed E-state index contributed by atoms with van der Waals surface area (Å²) >= 11 is 0. The van der Waals surface area contributed by atoms with Crippen LogP contribution >= 0.6 is 0 Å². The fourth-order valence-electron chi connectivity index (χ4n) is 1.30. The van der Waals surface area contributed by atoms with Crippen molar-refractivity contribution in [1.82, 2.24) is 4.98 Å². The molecule has 0 aliphatic rings. The van der Waals surface area contributed by atoms with E-state index in [9.17, 15) is 4.79 Å². The van der Waals surface area contributed by atoms with E-state index in [1.54, 1.807) is 12.1 Å². The molecule has 1 aromatic carbocycles. The summed E-state index contributed by atoms with van der Waals surface area (Å²) in [4.78, 5) is 13.7. The average Bonchev–Trinajstić information content (AvgIpc) is 2.42. The lowest BCUT2D eigenvalue weighted by molar-refractivity contribution is 0.0690. The van der Waals surface area contributed by atoms with E-state index in [-0.39, 0.29) is 5.69 Å². The van der Waals surface area contributed by atoms with Gasteiger partial charge in [-0.1, -0.05) is 36.4 Å². The zero-order valence-corrected chi connectivity index (χ0v) is 9.99. The van der Waals surface area contributed by atoms with Crippen molar-refractivity contribution in [2.75, 3.05) is 6.54 Å². The lowest BCUT2D eigenvalue weighted by atomic mass is 10.2. The quantitative estimate of drug-likeness (QED) is 0.865. The Morgan fingerprint density at radius 3 is 2.22 bits per heavy atom. The van der Waals surface area contributed by atoms with E-state index >= 15 is 0 Å². The summed E-state index contributed by atoms with van der Waals surface area (Å²) in [6, 6.07) is 15.0. The first kappa shape index (κ1) is 13.9. The minimum absolute atomic E-state index is 0.0810. The minimum Gasteiger partial charge on any atom is -0.477 e. The van der Waals surface area contributed by atoms with E-state index in [2.05, 4.69) is 17.1 Å². The van der Waals surface area contributed by atoms with Crippen LogP contribution in [0.5, 0.6) is 0 Å². The highest BCUT2D eigenvalue weighted by Gasteiger charge is 1.98. The van der Waals surface area contributed by atoms with Gasteiger partial charge in [0.2, 0.25) is 0 Å². The van der Waals surface area contributed by atoms with Crippen LogP contribution in [0.25, 0.3) is 0 Å². The normalized spacial score (nSPS) is 9.17. The number of carboxylic acid groups (broad SMARTS) is 1. The highest BCUT2D eigenvalue weighted by molar-refractivity contribution is 5.85. The van der Waals surface area contributed by atoms with Crippen molar-refractivity contribution < 1.29 is 9.90 Å². The molecular formula is C14H16N2O2. The molecule has 3 N–H and O–H groups in total. The van der Waals surface area contributed by atoms with Gasteiger partial charge in [0, 0.05) is 6.20 Å². The monoisotopic (exact) mass is 244 g/mol. The molecule has 0 saturated carbocycles. The summed E-state index contributed by atoms with van der Waals surface area (Å²) < 4.78 is 0. The third-order valence-corrected chi connectivity index (χ3v) is 2.16. The molecule has 0 radical (unpaired) electrons. The first-order valence-corrected chi connectivity index (χ1v) is 5.62. The molecule has 0 bridgehead atoms. The molecule has 2 aromatic rings. The minimum atomic E-state index is -0.990. The summed E-state index contributed by atoms with van der Waals surface area (Å²) in [5.41, 5.74) is 6.76. The first-order valence-electron chi connectivity index (χ1n) is 5.62. The number of hydrogen-bond donors (Lipinski definition) is 2. The number of nitrogens with zero attached hydrogens (tertiary/aromatic N) is 1. The second kappa shape index (κ2) is 7.97. The largest absolute Gasteiger partial charge is 0.477 e. The molecule has 2 rings (SSSR count). The van der Waals surface area contributed by atoms with Gasteiger partial charge in [0.25, 0.3) is 0 Å². The number of aromatic nitrogens is 1. The van der Waals surface area contributed by atoms with Gasteiger partial charge in [-0.2, -0.15) is 0 Å². The first-order chi connectivity index (χ1) is 8.74. The maximum atomic E-state index is 10.1. The van der Waals surface area contributed by atoms with Crippen LogP contribution in [0.1, 0.15) is 16.1 Å². The third kappa shape index (κ3) is 5.23. The SMILES string of the molecule is NCCc1ccccc1.O=C(O)c1ccccn1. The fraction of sp³-hybridized carbons (Fsp3) is 0.143. The van der Waals surface area contributed by atoms with Crippen LogP contribution in [0.2, 0.25) is 0 Å². The smallest absolute Gasteiger partial charge is 0.354 e. The van der Waals surface area contributed by atoms with Crippen LogP contribution in [-0.4, -0.2) is 22.6 Å². The maximum Gasteiger partial charge on any atom is 0.354 e. The number of pyridine rings is 1. The van der Waals surface area contributed by atoms with Crippen molar-refractivity contribution in [2.24, 2.45) is 5.73 Å².